The largest absolute Gasteiger partial charge is 0.361 e. The molecule has 1 atom stereocenters. The van der Waals surface area contributed by atoms with Crippen LogP contribution in [0, 0.1) is 13.8 Å². The number of carbonyl (C=O) groups is 1. The van der Waals surface area contributed by atoms with E-state index in [1.54, 1.807) is 0 Å². The van der Waals surface area contributed by atoms with Crippen molar-refractivity contribution in [1.29, 1.82) is 0 Å². The van der Waals surface area contributed by atoms with Crippen LogP contribution in [0.1, 0.15) is 36.3 Å². The van der Waals surface area contributed by atoms with Gasteiger partial charge in [-0.1, -0.05) is 11.6 Å². The summed E-state index contributed by atoms with van der Waals surface area (Å²) in [5.41, 5.74) is 1.83. The lowest BCUT2D eigenvalue weighted by Gasteiger charge is -2.22. The summed E-state index contributed by atoms with van der Waals surface area (Å²) in [5.74, 6) is 0.851. The standard InChI is InChI=1S/C12H19N3O2.ClH/c1-8-10(9(2)17-15-8)7-14-12(16)11-5-3-4-6-13-11;/h11,13H,3-7H2,1-2H3,(H,14,16);1H/t11-;/m0./s1. The second-order valence-electron chi connectivity index (χ2n) is 4.52. The lowest BCUT2D eigenvalue weighted by molar-refractivity contribution is -0.123. The van der Waals surface area contributed by atoms with E-state index in [0.29, 0.717) is 6.54 Å². The van der Waals surface area contributed by atoms with Crippen LogP contribution in [0.3, 0.4) is 0 Å². The molecule has 102 valence electrons. The number of piperidine rings is 1. The first-order valence-corrected chi connectivity index (χ1v) is 6.11. The minimum Gasteiger partial charge on any atom is -0.361 e. The Labute approximate surface area is 113 Å². The van der Waals surface area contributed by atoms with Gasteiger partial charge in [0.05, 0.1) is 11.7 Å². The topological polar surface area (TPSA) is 67.2 Å². The molecule has 0 saturated carbocycles. The molecule has 5 nitrogen and oxygen atoms in total. The third-order valence-electron chi connectivity index (χ3n) is 3.25. The SMILES string of the molecule is Cc1noc(C)c1CNC(=O)[C@@H]1CCCCN1.Cl. The molecule has 2 heterocycles. The smallest absolute Gasteiger partial charge is 0.237 e. The number of hydrogen-bond donors (Lipinski definition) is 2. The molecule has 2 rings (SSSR count). The molecule has 0 aromatic carbocycles. The summed E-state index contributed by atoms with van der Waals surface area (Å²) in [6.45, 7) is 5.18. The number of amides is 1. The maximum Gasteiger partial charge on any atom is 0.237 e. The van der Waals surface area contributed by atoms with Crippen molar-refractivity contribution >= 4 is 18.3 Å². The minimum atomic E-state index is -0.0378. The zero-order valence-electron chi connectivity index (χ0n) is 10.8. The minimum absolute atomic E-state index is 0. The molecule has 2 N–H and O–H groups in total. The van der Waals surface area contributed by atoms with Gasteiger partial charge in [-0.3, -0.25) is 4.79 Å². The average Bonchev–Trinajstić information content (AvgIpc) is 2.67. The number of halogens is 1. The van der Waals surface area contributed by atoms with Crippen molar-refractivity contribution in [2.75, 3.05) is 6.54 Å². The Morgan fingerprint density at radius 3 is 2.83 bits per heavy atom. The fraction of sp³-hybridized carbons (Fsp3) is 0.667. The van der Waals surface area contributed by atoms with E-state index in [-0.39, 0.29) is 24.4 Å². The van der Waals surface area contributed by atoms with Gasteiger partial charge in [0.1, 0.15) is 5.76 Å². The van der Waals surface area contributed by atoms with Crippen LogP contribution in [0.15, 0.2) is 4.52 Å². The first-order valence-electron chi connectivity index (χ1n) is 6.11. The van der Waals surface area contributed by atoms with E-state index in [1.807, 2.05) is 13.8 Å². The maximum absolute atomic E-state index is 11.9. The molecule has 18 heavy (non-hydrogen) atoms. The molecule has 0 spiro atoms. The summed E-state index contributed by atoms with van der Waals surface area (Å²) in [5, 5.41) is 10.0. The fourth-order valence-electron chi connectivity index (χ4n) is 2.13. The predicted octanol–water partition coefficient (Wildman–Crippen LogP) is 1.47. The summed E-state index contributed by atoms with van der Waals surface area (Å²) < 4.78 is 5.06. The molecule has 1 saturated heterocycles. The van der Waals surface area contributed by atoms with E-state index in [1.165, 1.54) is 0 Å². The Morgan fingerprint density at radius 2 is 2.28 bits per heavy atom. The maximum atomic E-state index is 11.9. The lowest BCUT2D eigenvalue weighted by atomic mass is 10.0. The van der Waals surface area contributed by atoms with E-state index >= 15 is 0 Å². The van der Waals surface area contributed by atoms with Gasteiger partial charge in [0.15, 0.2) is 0 Å². The van der Waals surface area contributed by atoms with Crippen LogP contribution in [0.4, 0.5) is 0 Å². The molecule has 0 aliphatic carbocycles. The van der Waals surface area contributed by atoms with Gasteiger partial charge in [-0.05, 0) is 33.2 Å². The summed E-state index contributed by atoms with van der Waals surface area (Å²) in [6, 6.07) is -0.0378. The quantitative estimate of drug-likeness (QED) is 0.875. The summed E-state index contributed by atoms with van der Waals surface area (Å²) in [6.07, 6.45) is 3.21. The zero-order valence-corrected chi connectivity index (χ0v) is 11.6. The van der Waals surface area contributed by atoms with Crippen LogP contribution in [0.2, 0.25) is 0 Å². The van der Waals surface area contributed by atoms with Gasteiger partial charge in [-0.2, -0.15) is 0 Å². The van der Waals surface area contributed by atoms with Crippen molar-refractivity contribution in [2.24, 2.45) is 0 Å². The van der Waals surface area contributed by atoms with Crippen molar-refractivity contribution in [3.05, 3.63) is 17.0 Å². The van der Waals surface area contributed by atoms with E-state index < -0.39 is 0 Å². The van der Waals surface area contributed by atoms with Crippen LogP contribution in [-0.4, -0.2) is 23.7 Å². The van der Waals surface area contributed by atoms with Gasteiger partial charge < -0.3 is 15.2 Å². The highest BCUT2D eigenvalue weighted by molar-refractivity contribution is 5.85. The number of aryl methyl sites for hydroxylation is 2. The number of nitrogens with one attached hydrogen (secondary N) is 2. The highest BCUT2D eigenvalue weighted by atomic mass is 35.5. The van der Waals surface area contributed by atoms with Crippen molar-refractivity contribution in [3.8, 4) is 0 Å². The lowest BCUT2D eigenvalue weighted by Crippen LogP contribution is -2.46. The Kier molecular flexibility index (Phi) is 5.62. The molecule has 0 unspecified atom stereocenters. The molecule has 0 bridgehead atoms. The highest BCUT2D eigenvalue weighted by Gasteiger charge is 2.20. The Hall–Kier alpha value is -1.07. The molecule has 1 aliphatic rings. The molecule has 1 aromatic heterocycles. The first-order chi connectivity index (χ1) is 8.18. The molecular weight excluding hydrogens is 254 g/mol. The van der Waals surface area contributed by atoms with Gasteiger partial charge in [0.25, 0.3) is 0 Å². The van der Waals surface area contributed by atoms with E-state index in [0.717, 1.165) is 42.8 Å². The van der Waals surface area contributed by atoms with Gasteiger partial charge in [-0.25, -0.2) is 0 Å². The van der Waals surface area contributed by atoms with Crippen molar-refractivity contribution in [1.82, 2.24) is 15.8 Å². The fourth-order valence-corrected chi connectivity index (χ4v) is 2.13. The molecule has 1 aliphatic heterocycles. The van der Waals surface area contributed by atoms with Gasteiger partial charge in [0.2, 0.25) is 5.91 Å². The van der Waals surface area contributed by atoms with Crippen LogP contribution in [0.5, 0.6) is 0 Å². The predicted molar refractivity (Wildman–Crippen MR) is 70.7 cm³/mol. The second kappa shape index (κ2) is 6.75. The molecule has 0 radical (unpaired) electrons. The number of rotatable bonds is 3. The highest BCUT2D eigenvalue weighted by Crippen LogP contribution is 2.12. The van der Waals surface area contributed by atoms with Crippen molar-refractivity contribution in [3.63, 3.8) is 0 Å². The Morgan fingerprint density at radius 1 is 1.50 bits per heavy atom. The average molecular weight is 274 g/mol. The molecule has 1 fully saturated rings. The molecule has 1 aromatic rings. The van der Waals surface area contributed by atoms with Crippen LogP contribution < -0.4 is 10.6 Å². The van der Waals surface area contributed by atoms with Crippen molar-refractivity contribution < 1.29 is 9.32 Å². The van der Waals surface area contributed by atoms with Gasteiger partial charge in [0, 0.05) is 12.1 Å². The summed E-state index contributed by atoms with van der Waals surface area (Å²) in [7, 11) is 0. The van der Waals surface area contributed by atoms with Crippen molar-refractivity contribution in [2.45, 2.75) is 45.7 Å². The van der Waals surface area contributed by atoms with Crippen LogP contribution >= 0.6 is 12.4 Å². The monoisotopic (exact) mass is 273 g/mol. The molecular formula is C12H20ClN3O2. The molecule has 6 heteroatoms. The number of nitrogens with zero attached hydrogens (tertiary/aromatic N) is 1. The number of carbonyl (C=O) groups excluding carboxylic acids is 1. The summed E-state index contributed by atoms with van der Waals surface area (Å²) >= 11 is 0. The van der Waals surface area contributed by atoms with E-state index in [4.69, 9.17) is 4.52 Å². The van der Waals surface area contributed by atoms with Crippen LogP contribution in [-0.2, 0) is 11.3 Å². The normalized spacial score (nSPS) is 19.1. The zero-order chi connectivity index (χ0) is 12.3. The van der Waals surface area contributed by atoms with Gasteiger partial charge >= 0.3 is 0 Å². The Balaban J connectivity index is 0.00000162. The van der Waals surface area contributed by atoms with E-state index in [9.17, 15) is 4.79 Å². The number of hydrogen-bond acceptors (Lipinski definition) is 4. The first kappa shape index (κ1) is 15.0. The van der Waals surface area contributed by atoms with Crippen LogP contribution in [0.25, 0.3) is 0 Å². The third kappa shape index (κ3) is 3.46. The Bertz CT molecular complexity index is 381. The number of aromatic nitrogens is 1. The third-order valence-corrected chi connectivity index (χ3v) is 3.25. The van der Waals surface area contributed by atoms with E-state index in [2.05, 4.69) is 15.8 Å². The summed E-state index contributed by atoms with van der Waals surface area (Å²) in [4.78, 5) is 11.9. The second-order valence-corrected chi connectivity index (χ2v) is 4.52. The van der Waals surface area contributed by atoms with Gasteiger partial charge in [-0.15, -0.1) is 12.4 Å². The molecule has 1 amide bonds.